The highest BCUT2D eigenvalue weighted by molar-refractivity contribution is 5.86. The SMILES string of the molecule is Cc1ccc(N(C)C)c([C@@H](N[C@@H](C)c2ccccc2)c2cccc3ccccc23)c1. The summed E-state index contributed by atoms with van der Waals surface area (Å²) in [5.74, 6) is 0. The van der Waals surface area contributed by atoms with Gasteiger partial charge < -0.3 is 4.90 Å². The maximum absolute atomic E-state index is 3.95. The summed E-state index contributed by atoms with van der Waals surface area (Å²) < 4.78 is 0. The molecule has 4 aromatic carbocycles. The van der Waals surface area contributed by atoms with Crippen LogP contribution in [-0.4, -0.2) is 14.1 Å². The Morgan fingerprint density at radius 3 is 2.20 bits per heavy atom. The summed E-state index contributed by atoms with van der Waals surface area (Å²) >= 11 is 0. The Labute approximate surface area is 180 Å². The number of nitrogens with zero attached hydrogens (tertiary/aromatic N) is 1. The van der Waals surface area contributed by atoms with Gasteiger partial charge in [-0.25, -0.2) is 0 Å². The monoisotopic (exact) mass is 394 g/mol. The van der Waals surface area contributed by atoms with Crippen LogP contribution in [0.25, 0.3) is 10.8 Å². The highest BCUT2D eigenvalue weighted by Crippen LogP contribution is 2.36. The Morgan fingerprint density at radius 1 is 0.733 bits per heavy atom. The Bertz CT molecular complexity index is 1130. The van der Waals surface area contributed by atoms with Gasteiger partial charge in [-0.2, -0.15) is 0 Å². The van der Waals surface area contributed by atoms with Crippen LogP contribution in [0.15, 0.2) is 91.0 Å². The van der Waals surface area contributed by atoms with Crippen molar-refractivity contribution < 1.29 is 0 Å². The fourth-order valence-corrected chi connectivity index (χ4v) is 4.25. The molecule has 152 valence electrons. The molecule has 0 heterocycles. The molecule has 4 aromatic rings. The standard InChI is InChI=1S/C28H30N2/c1-20-17-18-27(30(3)4)26(19-20)28(29-21(2)22-11-6-5-7-12-22)25-16-10-14-23-13-8-9-15-24(23)25/h5-19,21,28-29H,1-4H3/t21-,28-/m0/s1. The van der Waals surface area contributed by atoms with Crippen molar-refractivity contribution in [3.63, 3.8) is 0 Å². The lowest BCUT2D eigenvalue weighted by Crippen LogP contribution is -2.27. The number of fused-ring (bicyclic) bond motifs is 1. The lowest BCUT2D eigenvalue weighted by molar-refractivity contribution is 0.518. The molecular formula is C28H30N2. The molecule has 0 saturated heterocycles. The van der Waals surface area contributed by atoms with E-state index in [9.17, 15) is 0 Å². The first-order valence-electron chi connectivity index (χ1n) is 10.6. The lowest BCUT2D eigenvalue weighted by Gasteiger charge is -2.29. The first-order chi connectivity index (χ1) is 14.5. The Hall–Kier alpha value is -3.10. The van der Waals surface area contributed by atoms with E-state index in [1.54, 1.807) is 0 Å². The Kier molecular flexibility index (Phi) is 5.87. The van der Waals surface area contributed by atoms with Gasteiger partial charge in [0.25, 0.3) is 0 Å². The van der Waals surface area contributed by atoms with Crippen LogP contribution < -0.4 is 10.2 Å². The van der Waals surface area contributed by atoms with Crippen molar-refractivity contribution in [2.24, 2.45) is 0 Å². The molecule has 0 fully saturated rings. The smallest absolute Gasteiger partial charge is 0.0608 e. The molecule has 1 N–H and O–H groups in total. The number of hydrogen-bond donors (Lipinski definition) is 1. The third-order valence-electron chi connectivity index (χ3n) is 5.83. The summed E-state index contributed by atoms with van der Waals surface area (Å²) in [6, 6.07) is 33.0. The van der Waals surface area contributed by atoms with E-state index in [4.69, 9.17) is 0 Å². The molecule has 0 aliphatic rings. The minimum absolute atomic E-state index is 0.0728. The zero-order valence-corrected chi connectivity index (χ0v) is 18.3. The fraction of sp³-hybridized carbons (Fsp3) is 0.214. The van der Waals surface area contributed by atoms with Crippen LogP contribution in [-0.2, 0) is 0 Å². The first-order valence-corrected chi connectivity index (χ1v) is 10.6. The van der Waals surface area contributed by atoms with Gasteiger partial charge in [0.1, 0.15) is 0 Å². The number of benzene rings is 4. The van der Waals surface area contributed by atoms with Crippen molar-refractivity contribution >= 4 is 16.5 Å². The van der Waals surface area contributed by atoms with E-state index in [1.807, 2.05) is 0 Å². The fourth-order valence-electron chi connectivity index (χ4n) is 4.25. The molecule has 0 bridgehead atoms. The zero-order valence-electron chi connectivity index (χ0n) is 18.3. The van der Waals surface area contributed by atoms with Crippen LogP contribution >= 0.6 is 0 Å². The summed E-state index contributed by atoms with van der Waals surface area (Å²) in [7, 11) is 4.24. The van der Waals surface area contributed by atoms with Gasteiger partial charge in [0.05, 0.1) is 6.04 Å². The van der Waals surface area contributed by atoms with E-state index in [0.717, 1.165) is 0 Å². The lowest BCUT2D eigenvalue weighted by atomic mass is 9.90. The van der Waals surface area contributed by atoms with Gasteiger partial charge in [0.15, 0.2) is 0 Å². The van der Waals surface area contributed by atoms with Crippen molar-refractivity contribution in [2.45, 2.75) is 25.9 Å². The van der Waals surface area contributed by atoms with Gasteiger partial charge in [0, 0.05) is 25.8 Å². The number of hydrogen-bond acceptors (Lipinski definition) is 2. The predicted molar refractivity (Wildman–Crippen MR) is 129 cm³/mol. The number of aryl methyl sites for hydroxylation is 1. The Balaban J connectivity index is 1.89. The molecule has 2 heteroatoms. The average Bonchev–Trinajstić information content (AvgIpc) is 2.77. The van der Waals surface area contributed by atoms with Gasteiger partial charge in [-0.05, 0) is 47.4 Å². The minimum atomic E-state index is 0.0728. The van der Waals surface area contributed by atoms with Crippen LogP contribution in [0, 0.1) is 6.92 Å². The largest absolute Gasteiger partial charge is 0.377 e. The minimum Gasteiger partial charge on any atom is -0.377 e. The van der Waals surface area contributed by atoms with Crippen molar-refractivity contribution in [1.29, 1.82) is 0 Å². The van der Waals surface area contributed by atoms with Crippen LogP contribution in [0.1, 0.15) is 41.3 Å². The van der Waals surface area contributed by atoms with Crippen molar-refractivity contribution in [1.82, 2.24) is 5.32 Å². The quantitative estimate of drug-likeness (QED) is 0.394. The number of nitrogens with one attached hydrogen (secondary N) is 1. The van der Waals surface area contributed by atoms with Gasteiger partial charge in [0.2, 0.25) is 0 Å². The maximum atomic E-state index is 3.95. The maximum Gasteiger partial charge on any atom is 0.0608 e. The molecule has 0 radical (unpaired) electrons. The summed E-state index contributed by atoms with van der Waals surface area (Å²) in [4.78, 5) is 2.21. The molecule has 0 aliphatic carbocycles. The number of anilines is 1. The van der Waals surface area contributed by atoms with Crippen LogP contribution in [0.3, 0.4) is 0 Å². The summed E-state index contributed by atoms with van der Waals surface area (Å²) in [6.07, 6.45) is 0. The molecular weight excluding hydrogens is 364 g/mol. The topological polar surface area (TPSA) is 15.3 Å². The molecule has 2 nitrogen and oxygen atoms in total. The van der Waals surface area contributed by atoms with Crippen molar-refractivity contribution in [2.75, 3.05) is 19.0 Å². The van der Waals surface area contributed by atoms with E-state index >= 15 is 0 Å². The van der Waals surface area contributed by atoms with Gasteiger partial charge in [-0.15, -0.1) is 0 Å². The first kappa shape index (κ1) is 20.2. The van der Waals surface area contributed by atoms with Gasteiger partial charge >= 0.3 is 0 Å². The van der Waals surface area contributed by atoms with E-state index in [1.165, 1.54) is 38.7 Å². The third-order valence-corrected chi connectivity index (χ3v) is 5.83. The second-order valence-electron chi connectivity index (χ2n) is 8.26. The highest BCUT2D eigenvalue weighted by Gasteiger charge is 2.23. The van der Waals surface area contributed by atoms with E-state index in [-0.39, 0.29) is 12.1 Å². The second kappa shape index (κ2) is 8.73. The molecule has 2 atom stereocenters. The third kappa shape index (κ3) is 4.10. The van der Waals surface area contributed by atoms with Gasteiger partial charge in [-0.1, -0.05) is 90.5 Å². The normalized spacial score (nSPS) is 13.2. The summed E-state index contributed by atoms with van der Waals surface area (Å²) in [6.45, 7) is 4.42. The van der Waals surface area contributed by atoms with E-state index in [0.29, 0.717) is 0 Å². The van der Waals surface area contributed by atoms with Crippen molar-refractivity contribution in [3.8, 4) is 0 Å². The molecule has 30 heavy (non-hydrogen) atoms. The molecule has 0 spiro atoms. The van der Waals surface area contributed by atoms with Gasteiger partial charge in [-0.3, -0.25) is 5.32 Å². The zero-order chi connectivity index (χ0) is 21.1. The van der Waals surface area contributed by atoms with Crippen LogP contribution in [0.5, 0.6) is 0 Å². The predicted octanol–water partition coefficient (Wildman–Crippen LogP) is 6.65. The second-order valence-corrected chi connectivity index (χ2v) is 8.26. The molecule has 4 rings (SSSR count). The molecule has 0 aliphatic heterocycles. The molecule has 0 saturated carbocycles. The average molecular weight is 395 g/mol. The van der Waals surface area contributed by atoms with E-state index < -0.39 is 0 Å². The van der Waals surface area contributed by atoms with Crippen molar-refractivity contribution in [3.05, 3.63) is 113 Å². The Morgan fingerprint density at radius 2 is 1.43 bits per heavy atom. The molecule has 0 amide bonds. The highest BCUT2D eigenvalue weighted by atomic mass is 15.1. The summed E-state index contributed by atoms with van der Waals surface area (Å²) in [5.41, 5.74) is 6.42. The van der Waals surface area contributed by atoms with Crippen LogP contribution in [0.4, 0.5) is 5.69 Å². The molecule has 0 aromatic heterocycles. The molecule has 0 unspecified atom stereocenters. The summed E-state index contributed by atoms with van der Waals surface area (Å²) in [5, 5.41) is 6.52. The number of rotatable bonds is 6. The van der Waals surface area contributed by atoms with Crippen LogP contribution in [0.2, 0.25) is 0 Å². The van der Waals surface area contributed by atoms with E-state index in [2.05, 4.69) is 129 Å².